The minimum atomic E-state index is -3.48. The summed E-state index contributed by atoms with van der Waals surface area (Å²) in [6, 6.07) is 5.49. The first-order chi connectivity index (χ1) is 12.1. The second kappa shape index (κ2) is 8.57. The Hall–Kier alpha value is -2.03. The molecule has 1 aromatic rings. The third-order valence-electron chi connectivity index (χ3n) is 4.08. The Bertz CT molecular complexity index is 770. The minimum absolute atomic E-state index is 0.0204. The topological polar surface area (TPSA) is 83.6 Å². The highest BCUT2D eigenvalue weighted by Gasteiger charge is 2.31. The molecule has 6 nitrogen and oxygen atoms in total. The van der Waals surface area contributed by atoms with E-state index in [9.17, 15) is 26.8 Å². The summed E-state index contributed by atoms with van der Waals surface area (Å²) in [5, 5.41) is 2.46. The van der Waals surface area contributed by atoms with Crippen LogP contribution in [0.5, 0.6) is 0 Å². The largest absolute Gasteiger partial charge is 0.351 e. The molecule has 0 spiro atoms. The predicted octanol–water partition coefficient (Wildman–Crippen LogP) is 0.858. The maximum atomic E-state index is 13.9. The van der Waals surface area contributed by atoms with Crippen molar-refractivity contribution in [2.45, 2.75) is 31.5 Å². The third-order valence-corrected chi connectivity index (χ3v) is 4.86. The number of sulfone groups is 1. The normalized spacial score (nSPS) is 20.7. The highest BCUT2D eigenvalue weighted by molar-refractivity contribution is 7.91. The molecule has 144 valence electrons. The van der Waals surface area contributed by atoms with Crippen LogP contribution >= 0.6 is 0 Å². The molecule has 26 heavy (non-hydrogen) atoms. The predicted molar refractivity (Wildman–Crippen MR) is 92.5 cm³/mol. The fourth-order valence-electron chi connectivity index (χ4n) is 2.95. The average Bonchev–Trinajstić information content (AvgIpc) is 2.51. The molecule has 2 atom stereocenters. The summed E-state index contributed by atoms with van der Waals surface area (Å²) in [5.74, 6) is -2.13. The van der Waals surface area contributed by atoms with Crippen molar-refractivity contribution in [3.05, 3.63) is 35.6 Å². The zero-order valence-electron chi connectivity index (χ0n) is 14.5. The van der Waals surface area contributed by atoms with Crippen molar-refractivity contribution in [3.63, 3.8) is 0 Å². The van der Waals surface area contributed by atoms with Crippen LogP contribution < -0.4 is 5.32 Å². The molecule has 0 bridgehead atoms. The van der Waals surface area contributed by atoms with Gasteiger partial charge in [-0.05, 0) is 18.1 Å². The zero-order valence-corrected chi connectivity index (χ0v) is 15.3. The van der Waals surface area contributed by atoms with E-state index >= 15 is 0 Å². The first-order valence-electron chi connectivity index (χ1n) is 8.26. The molecule has 1 N–H and O–H groups in total. The van der Waals surface area contributed by atoms with Gasteiger partial charge in [-0.25, -0.2) is 17.2 Å². The van der Waals surface area contributed by atoms with Gasteiger partial charge in [0.05, 0.1) is 6.54 Å². The van der Waals surface area contributed by atoms with Crippen LogP contribution in [0.4, 0.5) is 8.78 Å². The number of carbonyl (C=O) groups is 2. The standard InChI is InChI=1S/C17H22F2N2O4S/c1-26(24,25)11-16(22)20-14-8-13(18)9-21(10-14)17(23)7-6-12-4-2-3-5-15(12)19/h2-5,13-14H,6-11H2,1H3,(H,20,22)/t13-,14+/m1/s1. The van der Waals surface area contributed by atoms with Crippen LogP contribution in [0.1, 0.15) is 18.4 Å². The van der Waals surface area contributed by atoms with Crippen LogP contribution in [0.15, 0.2) is 24.3 Å². The van der Waals surface area contributed by atoms with E-state index in [4.69, 9.17) is 0 Å². The van der Waals surface area contributed by atoms with Gasteiger partial charge in [0.15, 0.2) is 9.84 Å². The van der Waals surface area contributed by atoms with Crippen molar-refractivity contribution in [2.24, 2.45) is 0 Å². The van der Waals surface area contributed by atoms with Gasteiger partial charge in [-0.2, -0.15) is 0 Å². The number of alkyl halides is 1. The lowest BCUT2D eigenvalue weighted by Gasteiger charge is -2.35. The second-order valence-corrected chi connectivity index (χ2v) is 8.70. The number of amides is 2. The number of halogens is 2. The monoisotopic (exact) mass is 388 g/mol. The summed E-state index contributed by atoms with van der Waals surface area (Å²) in [5.41, 5.74) is 0.410. The summed E-state index contributed by atoms with van der Waals surface area (Å²) in [4.78, 5) is 25.3. The van der Waals surface area contributed by atoms with Gasteiger partial charge < -0.3 is 10.2 Å². The van der Waals surface area contributed by atoms with Gasteiger partial charge >= 0.3 is 0 Å². The van der Waals surface area contributed by atoms with Gasteiger partial charge in [-0.15, -0.1) is 0 Å². The quantitative estimate of drug-likeness (QED) is 0.784. The Balaban J connectivity index is 1.91. The van der Waals surface area contributed by atoms with Gasteiger partial charge in [-0.1, -0.05) is 18.2 Å². The molecule has 9 heteroatoms. The van der Waals surface area contributed by atoms with Crippen molar-refractivity contribution < 1.29 is 26.8 Å². The molecular weight excluding hydrogens is 366 g/mol. The lowest BCUT2D eigenvalue weighted by molar-refractivity contribution is -0.134. The van der Waals surface area contributed by atoms with Gasteiger partial charge in [-0.3, -0.25) is 9.59 Å². The number of hydrogen-bond donors (Lipinski definition) is 1. The number of nitrogens with one attached hydrogen (secondary N) is 1. The fourth-order valence-corrected chi connectivity index (χ4v) is 3.51. The lowest BCUT2D eigenvalue weighted by atomic mass is 10.0. The highest BCUT2D eigenvalue weighted by atomic mass is 32.2. The molecule has 1 fully saturated rings. The average molecular weight is 388 g/mol. The number of rotatable bonds is 6. The summed E-state index contributed by atoms with van der Waals surface area (Å²) in [6.45, 7) is 0.0145. The van der Waals surface area contributed by atoms with Crippen LogP contribution in [0.2, 0.25) is 0 Å². The van der Waals surface area contributed by atoms with Gasteiger partial charge in [0.25, 0.3) is 0 Å². The van der Waals surface area contributed by atoms with Gasteiger partial charge in [0.1, 0.15) is 17.7 Å². The molecule has 0 saturated carbocycles. The van der Waals surface area contributed by atoms with Crippen molar-refractivity contribution in [2.75, 3.05) is 25.1 Å². The van der Waals surface area contributed by atoms with Crippen LogP contribution in [0.25, 0.3) is 0 Å². The number of carbonyl (C=O) groups excluding carboxylic acids is 2. The Morgan fingerprint density at radius 1 is 1.27 bits per heavy atom. The molecule has 1 saturated heterocycles. The number of piperidine rings is 1. The third kappa shape index (κ3) is 6.36. The van der Waals surface area contributed by atoms with E-state index in [0.717, 1.165) is 6.26 Å². The molecule has 0 aliphatic carbocycles. The number of likely N-dealkylation sites (tertiary alicyclic amines) is 1. The Labute approximate surface area is 151 Å². The van der Waals surface area contributed by atoms with Gasteiger partial charge in [0.2, 0.25) is 11.8 Å². The van der Waals surface area contributed by atoms with Crippen molar-refractivity contribution in [1.82, 2.24) is 10.2 Å². The van der Waals surface area contributed by atoms with E-state index in [1.54, 1.807) is 18.2 Å². The molecule has 1 aromatic carbocycles. The van der Waals surface area contributed by atoms with E-state index in [0.29, 0.717) is 5.56 Å². The van der Waals surface area contributed by atoms with Crippen LogP contribution in [0.3, 0.4) is 0 Å². The molecule has 2 amide bonds. The van der Waals surface area contributed by atoms with Crippen LogP contribution in [0, 0.1) is 5.82 Å². The fraction of sp³-hybridized carbons (Fsp3) is 0.529. The van der Waals surface area contributed by atoms with Crippen molar-refractivity contribution in [1.29, 1.82) is 0 Å². The molecule has 1 aliphatic rings. The lowest BCUT2D eigenvalue weighted by Crippen LogP contribution is -2.54. The first kappa shape index (κ1) is 20.3. The van der Waals surface area contributed by atoms with Crippen LogP contribution in [-0.2, 0) is 25.8 Å². The van der Waals surface area contributed by atoms with Crippen LogP contribution in [-0.4, -0.2) is 62.4 Å². The highest BCUT2D eigenvalue weighted by Crippen LogP contribution is 2.16. The van der Waals surface area contributed by atoms with E-state index in [-0.39, 0.29) is 38.3 Å². The molecule has 0 aromatic heterocycles. The molecular formula is C17H22F2N2O4S. The number of aryl methyl sites for hydroxylation is 1. The Morgan fingerprint density at radius 3 is 2.62 bits per heavy atom. The van der Waals surface area contributed by atoms with E-state index in [2.05, 4.69) is 5.32 Å². The summed E-state index contributed by atoms with van der Waals surface area (Å²) in [7, 11) is -3.48. The molecule has 0 radical (unpaired) electrons. The van der Waals surface area contributed by atoms with E-state index < -0.39 is 39.5 Å². The second-order valence-electron chi connectivity index (χ2n) is 6.56. The first-order valence-corrected chi connectivity index (χ1v) is 10.3. The maximum Gasteiger partial charge on any atom is 0.235 e. The number of benzene rings is 1. The van der Waals surface area contributed by atoms with Gasteiger partial charge in [0, 0.05) is 31.7 Å². The zero-order chi connectivity index (χ0) is 19.3. The smallest absolute Gasteiger partial charge is 0.235 e. The van der Waals surface area contributed by atoms with E-state index in [1.807, 2.05) is 0 Å². The van der Waals surface area contributed by atoms with Crippen molar-refractivity contribution >= 4 is 21.7 Å². The Kier molecular flexibility index (Phi) is 6.69. The molecule has 1 heterocycles. The van der Waals surface area contributed by atoms with E-state index in [1.165, 1.54) is 11.0 Å². The molecule has 1 aliphatic heterocycles. The summed E-state index contributed by atoms with van der Waals surface area (Å²) >= 11 is 0. The minimum Gasteiger partial charge on any atom is -0.351 e. The SMILES string of the molecule is CS(=O)(=O)CC(=O)N[C@H]1C[C@@H](F)CN(C(=O)CCc2ccccc2F)C1. The molecule has 0 unspecified atom stereocenters. The molecule has 2 rings (SSSR count). The maximum absolute atomic E-state index is 13.9. The number of nitrogens with zero attached hydrogens (tertiary/aromatic N) is 1. The Morgan fingerprint density at radius 2 is 1.96 bits per heavy atom. The van der Waals surface area contributed by atoms with Crippen molar-refractivity contribution in [3.8, 4) is 0 Å². The summed E-state index contributed by atoms with van der Waals surface area (Å²) < 4.78 is 49.8. The number of hydrogen-bond acceptors (Lipinski definition) is 4. The summed E-state index contributed by atoms with van der Waals surface area (Å²) in [6.07, 6.45) is -0.136.